The zero-order valence-electron chi connectivity index (χ0n) is 16.6. The summed E-state index contributed by atoms with van der Waals surface area (Å²) in [5.74, 6) is 0.109. The summed E-state index contributed by atoms with van der Waals surface area (Å²) in [6, 6.07) is 17.7. The van der Waals surface area contributed by atoms with Gasteiger partial charge in [-0.3, -0.25) is 9.69 Å². The van der Waals surface area contributed by atoms with Gasteiger partial charge in [-0.05, 0) is 31.7 Å². The van der Waals surface area contributed by atoms with Crippen LogP contribution in [-0.2, 0) is 11.3 Å². The molecule has 6 heteroatoms. The number of anilines is 1. The van der Waals surface area contributed by atoms with E-state index in [9.17, 15) is 9.59 Å². The fourth-order valence-corrected chi connectivity index (χ4v) is 3.27. The van der Waals surface area contributed by atoms with Gasteiger partial charge >= 0.3 is 6.03 Å². The van der Waals surface area contributed by atoms with Crippen LogP contribution in [0.4, 0.5) is 10.5 Å². The number of benzene rings is 2. The molecule has 3 rings (SSSR count). The normalized spacial score (nSPS) is 14.2. The lowest BCUT2D eigenvalue weighted by atomic mass is 10.1. The van der Waals surface area contributed by atoms with Crippen molar-refractivity contribution in [1.29, 1.82) is 0 Å². The second-order valence-corrected chi connectivity index (χ2v) is 7.32. The molecule has 2 aromatic rings. The van der Waals surface area contributed by atoms with Gasteiger partial charge < -0.3 is 15.1 Å². The van der Waals surface area contributed by atoms with Gasteiger partial charge in [-0.25, -0.2) is 4.79 Å². The number of piperazine rings is 1. The Balaban J connectivity index is 1.43. The molecule has 0 atom stereocenters. The molecule has 1 saturated heterocycles. The Morgan fingerprint density at radius 1 is 0.929 bits per heavy atom. The van der Waals surface area contributed by atoms with Gasteiger partial charge in [-0.2, -0.15) is 0 Å². The van der Waals surface area contributed by atoms with E-state index in [1.54, 1.807) is 4.90 Å². The summed E-state index contributed by atoms with van der Waals surface area (Å²) in [6.45, 7) is 5.42. The van der Waals surface area contributed by atoms with Crippen LogP contribution in [0.3, 0.4) is 0 Å². The lowest BCUT2D eigenvalue weighted by molar-refractivity contribution is -0.133. The maximum atomic E-state index is 12.6. The summed E-state index contributed by atoms with van der Waals surface area (Å²) in [7, 11) is 1.96. The van der Waals surface area contributed by atoms with Crippen LogP contribution in [0.15, 0.2) is 54.6 Å². The molecule has 148 valence electrons. The fourth-order valence-electron chi connectivity index (χ4n) is 3.27. The number of hydrogen-bond donors (Lipinski definition) is 1. The van der Waals surface area contributed by atoms with E-state index in [0.29, 0.717) is 32.7 Å². The average molecular weight is 380 g/mol. The molecule has 1 aliphatic rings. The first-order valence-electron chi connectivity index (χ1n) is 9.64. The molecule has 3 amide bonds. The van der Waals surface area contributed by atoms with E-state index in [0.717, 1.165) is 12.2 Å². The Bertz CT molecular complexity index is 784. The zero-order chi connectivity index (χ0) is 19.9. The van der Waals surface area contributed by atoms with Gasteiger partial charge in [0.1, 0.15) is 0 Å². The predicted molar refractivity (Wildman–Crippen MR) is 111 cm³/mol. The first-order chi connectivity index (χ1) is 13.5. The lowest BCUT2D eigenvalue weighted by Crippen LogP contribution is -2.53. The lowest BCUT2D eigenvalue weighted by Gasteiger charge is -2.35. The van der Waals surface area contributed by atoms with Crippen molar-refractivity contribution in [2.75, 3.05) is 45.1 Å². The van der Waals surface area contributed by atoms with Gasteiger partial charge in [0.15, 0.2) is 0 Å². The first kappa shape index (κ1) is 19.9. The summed E-state index contributed by atoms with van der Waals surface area (Å²) in [4.78, 5) is 30.6. The molecule has 0 spiro atoms. The molecule has 2 aromatic carbocycles. The van der Waals surface area contributed by atoms with Crippen LogP contribution in [0.1, 0.15) is 11.1 Å². The SMILES string of the molecule is Cc1ccc(CN(C)CC(=O)N2CCN(C(=O)Nc3ccccc3)CC2)cc1. The summed E-state index contributed by atoms with van der Waals surface area (Å²) in [5.41, 5.74) is 3.21. The van der Waals surface area contributed by atoms with Crippen molar-refractivity contribution < 1.29 is 9.59 Å². The molecule has 6 nitrogen and oxygen atoms in total. The number of likely N-dealkylation sites (N-methyl/N-ethyl adjacent to an activating group) is 1. The molecular formula is C22H28N4O2. The Morgan fingerprint density at radius 3 is 2.18 bits per heavy atom. The van der Waals surface area contributed by atoms with Crippen molar-refractivity contribution in [3.8, 4) is 0 Å². The Kier molecular flexibility index (Phi) is 6.66. The molecule has 1 N–H and O–H groups in total. The number of amides is 3. The van der Waals surface area contributed by atoms with Gasteiger partial charge in [0, 0.05) is 38.4 Å². The second kappa shape index (κ2) is 9.37. The topological polar surface area (TPSA) is 55.9 Å². The summed E-state index contributed by atoms with van der Waals surface area (Å²) >= 11 is 0. The van der Waals surface area contributed by atoms with Crippen molar-refractivity contribution >= 4 is 17.6 Å². The minimum absolute atomic E-state index is 0.109. The van der Waals surface area contributed by atoms with Crippen LogP contribution in [0.5, 0.6) is 0 Å². The van der Waals surface area contributed by atoms with Crippen LogP contribution >= 0.6 is 0 Å². The van der Waals surface area contributed by atoms with Crippen LogP contribution in [0, 0.1) is 6.92 Å². The summed E-state index contributed by atoms with van der Waals surface area (Å²) < 4.78 is 0. The highest BCUT2D eigenvalue weighted by Crippen LogP contribution is 2.10. The Labute approximate surface area is 166 Å². The third-order valence-electron chi connectivity index (χ3n) is 4.92. The van der Waals surface area contributed by atoms with Crippen LogP contribution < -0.4 is 5.32 Å². The number of rotatable bonds is 5. The standard InChI is InChI=1S/C22H28N4O2/c1-18-8-10-19(11-9-18)16-24(2)17-21(27)25-12-14-26(15-13-25)22(28)23-20-6-4-3-5-7-20/h3-11H,12-17H2,1-2H3,(H,23,28). The summed E-state index contributed by atoms with van der Waals surface area (Å²) in [6.07, 6.45) is 0. The molecule has 0 aliphatic carbocycles. The monoisotopic (exact) mass is 380 g/mol. The number of carbonyl (C=O) groups is 2. The van der Waals surface area contributed by atoms with E-state index in [2.05, 4.69) is 36.5 Å². The van der Waals surface area contributed by atoms with E-state index >= 15 is 0 Å². The van der Waals surface area contributed by atoms with Crippen molar-refractivity contribution in [3.05, 3.63) is 65.7 Å². The Morgan fingerprint density at radius 2 is 1.54 bits per heavy atom. The van der Waals surface area contributed by atoms with E-state index in [4.69, 9.17) is 0 Å². The van der Waals surface area contributed by atoms with Crippen molar-refractivity contribution in [2.24, 2.45) is 0 Å². The molecule has 1 heterocycles. The van der Waals surface area contributed by atoms with Crippen molar-refractivity contribution in [3.63, 3.8) is 0 Å². The van der Waals surface area contributed by atoms with Gasteiger partial charge in [0.25, 0.3) is 0 Å². The Hall–Kier alpha value is -2.86. The molecule has 1 fully saturated rings. The van der Waals surface area contributed by atoms with Crippen molar-refractivity contribution in [1.82, 2.24) is 14.7 Å². The molecule has 28 heavy (non-hydrogen) atoms. The molecule has 0 aromatic heterocycles. The maximum absolute atomic E-state index is 12.6. The van der Waals surface area contributed by atoms with Gasteiger partial charge in [-0.1, -0.05) is 48.0 Å². The molecule has 0 radical (unpaired) electrons. The third kappa shape index (κ3) is 5.57. The van der Waals surface area contributed by atoms with Gasteiger partial charge in [0.2, 0.25) is 5.91 Å². The second-order valence-electron chi connectivity index (χ2n) is 7.32. The highest BCUT2D eigenvalue weighted by Gasteiger charge is 2.24. The third-order valence-corrected chi connectivity index (χ3v) is 4.92. The maximum Gasteiger partial charge on any atom is 0.321 e. The van der Waals surface area contributed by atoms with E-state index < -0.39 is 0 Å². The average Bonchev–Trinajstić information content (AvgIpc) is 2.70. The zero-order valence-corrected chi connectivity index (χ0v) is 16.6. The van der Waals surface area contributed by atoms with Gasteiger partial charge in [0.05, 0.1) is 6.54 Å². The van der Waals surface area contributed by atoms with Crippen LogP contribution in [0.2, 0.25) is 0 Å². The smallest absolute Gasteiger partial charge is 0.321 e. The minimum Gasteiger partial charge on any atom is -0.338 e. The van der Waals surface area contributed by atoms with E-state index in [1.807, 2.05) is 47.2 Å². The number of nitrogens with zero attached hydrogens (tertiary/aromatic N) is 3. The number of carbonyl (C=O) groups excluding carboxylic acids is 2. The van der Waals surface area contributed by atoms with E-state index in [-0.39, 0.29) is 11.9 Å². The summed E-state index contributed by atoms with van der Waals surface area (Å²) in [5, 5.41) is 2.89. The number of para-hydroxylation sites is 1. The molecule has 0 unspecified atom stereocenters. The highest BCUT2D eigenvalue weighted by molar-refractivity contribution is 5.89. The van der Waals surface area contributed by atoms with Crippen LogP contribution in [0.25, 0.3) is 0 Å². The number of hydrogen-bond acceptors (Lipinski definition) is 3. The largest absolute Gasteiger partial charge is 0.338 e. The number of nitrogens with one attached hydrogen (secondary N) is 1. The number of aryl methyl sites for hydroxylation is 1. The molecule has 1 aliphatic heterocycles. The fraction of sp³-hybridized carbons (Fsp3) is 0.364. The minimum atomic E-state index is -0.116. The number of urea groups is 1. The van der Waals surface area contributed by atoms with Gasteiger partial charge in [-0.15, -0.1) is 0 Å². The van der Waals surface area contributed by atoms with Crippen LogP contribution in [-0.4, -0.2) is 66.4 Å². The first-order valence-corrected chi connectivity index (χ1v) is 9.64. The molecule has 0 saturated carbocycles. The quantitative estimate of drug-likeness (QED) is 0.868. The predicted octanol–water partition coefficient (Wildman–Crippen LogP) is 2.80. The molecular weight excluding hydrogens is 352 g/mol. The highest BCUT2D eigenvalue weighted by atomic mass is 16.2. The van der Waals surface area contributed by atoms with E-state index in [1.165, 1.54) is 11.1 Å². The molecule has 0 bridgehead atoms. The van der Waals surface area contributed by atoms with Crippen molar-refractivity contribution in [2.45, 2.75) is 13.5 Å².